The van der Waals surface area contributed by atoms with Gasteiger partial charge in [-0.25, -0.2) is 4.79 Å². The molecule has 0 spiro atoms. The lowest BCUT2D eigenvalue weighted by Gasteiger charge is -2.30. The number of ether oxygens (including phenoxy) is 1. The highest BCUT2D eigenvalue weighted by Gasteiger charge is 2.25. The molecule has 1 fully saturated rings. The fraction of sp³-hybridized carbons (Fsp3) is 0.529. The van der Waals surface area contributed by atoms with Crippen molar-refractivity contribution in [3.8, 4) is 0 Å². The van der Waals surface area contributed by atoms with Crippen molar-refractivity contribution in [2.24, 2.45) is 5.92 Å². The van der Waals surface area contributed by atoms with Crippen LogP contribution in [0.25, 0.3) is 6.08 Å². The zero-order valence-corrected chi connectivity index (χ0v) is 13.9. The van der Waals surface area contributed by atoms with Crippen molar-refractivity contribution >= 4 is 29.3 Å². The fourth-order valence-corrected chi connectivity index (χ4v) is 3.25. The highest BCUT2D eigenvalue weighted by molar-refractivity contribution is 7.10. The summed E-state index contributed by atoms with van der Waals surface area (Å²) < 4.78 is 5.15. The van der Waals surface area contributed by atoms with Crippen LogP contribution in [0.1, 0.15) is 44.4 Å². The minimum Gasteiger partial charge on any atom is -0.449 e. The predicted molar refractivity (Wildman–Crippen MR) is 88.5 cm³/mol. The summed E-state index contributed by atoms with van der Waals surface area (Å²) in [6.07, 6.45) is 6.81. The number of thiophene rings is 1. The Labute approximate surface area is 135 Å². The number of carbonyl (C=O) groups excluding carboxylic acids is 2. The Morgan fingerprint density at radius 1 is 1.41 bits per heavy atom. The molecule has 1 saturated carbocycles. The third kappa shape index (κ3) is 4.98. The van der Waals surface area contributed by atoms with E-state index in [1.54, 1.807) is 13.0 Å². The van der Waals surface area contributed by atoms with Gasteiger partial charge in [-0.05, 0) is 43.2 Å². The molecule has 0 radical (unpaired) electrons. The van der Waals surface area contributed by atoms with Crippen LogP contribution in [0.15, 0.2) is 23.6 Å². The average molecular weight is 321 g/mol. The van der Waals surface area contributed by atoms with E-state index in [1.165, 1.54) is 23.8 Å². The number of nitrogens with one attached hydrogen (secondary N) is 1. The van der Waals surface area contributed by atoms with Crippen LogP contribution in [-0.2, 0) is 14.3 Å². The number of hydrogen-bond donors (Lipinski definition) is 1. The second-order valence-corrected chi connectivity index (χ2v) is 6.78. The SMILES string of the molecule is C[C@@H]1CCCC[C@H]1NC(=O)[C@@H](C)OC(=O)/C=C/c1cccs1. The molecule has 0 aliphatic heterocycles. The molecule has 0 unspecified atom stereocenters. The van der Waals surface area contributed by atoms with Gasteiger partial charge in [-0.1, -0.05) is 25.8 Å². The van der Waals surface area contributed by atoms with Crippen LogP contribution in [0.5, 0.6) is 0 Å². The molecule has 3 atom stereocenters. The fourth-order valence-electron chi connectivity index (χ4n) is 2.63. The van der Waals surface area contributed by atoms with Crippen LogP contribution in [0, 0.1) is 5.92 Å². The molecule has 2 rings (SSSR count). The average Bonchev–Trinajstić information content (AvgIpc) is 3.00. The van der Waals surface area contributed by atoms with Crippen LogP contribution in [0.3, 0.4) is 0 Å². The van der Waals surface area contributed by atoms with Gasteiger partial charge in [0, 0.05) is 17.0 Å². The minimum atomic E-state index is -0.769. The maximum absolute atomic E-state index is 12.1. The molecule has 1 aromatic heterocycles. The van der Waals surface area contributed by atoms with Gasteiger partial charge < -0.3 is 10.1 Å². The van der Waals surface area contributed by atoms with Gasteiger partial charge >= 0.3 is 5.97 Å². The van der Waals surface area contributed by atoms with E-state index in [-0.39, 0.29) is 11.9 Å². The summed E-state index contributed by atoms with van der Waals surface area (Å²) >= 11 is 1.54. The lowest BCUT2D eigenvalue weighted by Crippen LogP contribution is -2.45. The smallest absolute Gasteiger partial charge is 0.331 e. The molecule has 120 valence electrons. The predicted octanol–water partition coefficient (Wildman–Crippen LogP) is 3.39. The van der Waals surface area contributed by atoms with Gasteiger partial charge in [-0.15, -0.1) is 11.3 Å². The first-order valence-corrected chi connectivity index (χ1v) is 8.67. The molecule has 0 saturated heterocycles. The van der Waals surface area contributed by atoms with Gasteiger partial charge in [-0.2, -0.15) is 0 Å². The van der Waals surface area contributed by atoms with Crippen LogP contribution in [-0.4, -0.2) is 24.0 Å². The first kappa shape index (κ1) is 16.7. The van der Waals surface area contributed by atoms with E-state index >= 15 is 0 Å². The van der Waals surface area contributed by atoms with Crippen molar-refractivity contribution in [3.63, 3.8) is 0 Å². The van der Waals surface area contributed by atoms with Gasteiger partial charge in [0.1, 0.15) is 0 Å². The minimum absolute atomic E-state index is 0.198. The van der Waals surface area contributed by atoms with Gasteiger partial charge in [0.25, 0.3) is 5.91 Å². The number of hydrogen-bond acceptors (Lipinski definition) is 4. The maximum Gasteiger partial charge on any atom is 0.331 e. The topological polar surface area (TPSA) is 55.4 Å². The summed E-state index contributed by atoms with van der Waals surface area (Å²) in [4.78, 5) is 24.8. The Balaban J connectivity index is 1.79. The summed E-state index contributed by atoms with van der Waals surface area (Å²) in [7, 11) is 0. The zero-order chi connectivity index (χ0) is 15.9. The van der Waals surface area contributed by atoms with Gasteiger partial charge in [0.2, 0.25) is 0 Å². The van der Waals surface area contributed by atoms with E-state index in [2.05, 4.69) is 12.2 Å². The van der Waals surface area contributed by atoms with Gasteiger partial charge in [0.15, 0.2) is 6.10 Å². The standard InChI is InChI=1S/C17H23NO3S/c1-12-6-3-4-8-15(12)18-17(20)13(2)21-16(19)10-9-14-7-5-11-22-14/h5,7,9-13,15H,3-4,6,8H2,1-2H3,(H,18,20)/b10-9+/t12-,13-,15-/m1/s1. The third-order valence-electron chi connectivity index (χ3n) is 4.03. The highest BCUT2D eigenvalue weighted by atomic mass is 32.1. The van der Waals surface area contributed by atoms with Crippen LogP contribution in [0.2, 0.25) is 0 Å². The maximum atomic E-state index is 12.1. The summed E-state index contributed by atoms with van der Waals surface area (Å²) in [6, 6.07) is 4.02. The largest absolute Gasteiger partial charge is 0.449 e. The zero-order valence-electron chi connectivity index (χ0n) is 13.1. The quantitative estimate of drug-likeness (QED) is 0.668. The van der Waals surface area contributed by atoms with Crippen molar-refractivity contribution in [2.75, 3.05) is 0 Å². The van der Waals surface area contributed by atoms with E-state index in [1.807, 2.05) is 17.5 Å². The van der Waals surface area contributed by atoms with Crippen molar-refractivity contribution in [1.29, 1.82) is 0 Å². The van der Waals surface area contributed by atoms with Crippen molar-refractivity contribution in [3.05, 3.63) is 28.5 Å². The Morgan fingerprint density at radius 3 is 2.86 bits per heavy atom. The Morgan fingerprint density at radius 2 is 2.18 bits per heavy atom. The van der Waals surface area contributed by atoms with Crippen molar-refractivity contribution in [1.82, 2.24) is 5.32 Å². The molecule has 0 bridgehead atoms. The molecule has 22 heavy (non-hydrogen) atoms. The highest BCUT2D eigenvalue weighted by Crippen LogP contribution is 2.23. The normalized spacial score (nSPS) is 23.2. The monoisotopic (exact) mass is 321 g/mol. The lowest BCUT2D eigenvalue weighted by molar-refractivity contribution is -0.150. The van der Waals surface area contributed by atoms with Crippen LogP contribution < -0.4 is 5.32 Å². The Bertz CT molecular complexity index is 524. The van der Waals surface area contributed by atoms with Crippen LogP contribution >= 0.6 is 11.3 Å². The summed E-state index contributed by atoms with van der Waals surface area (Å²) in [5.41, 5.74) is 0. The first-order valence-electron chi connectivity index (χ1n) is 7.79. The van der Waals surface area contributed by atoms with Crippen molar-refractivity contribution < 1.29 is 14.3 Å². The molecular weight excluding hydrogens is 298 g/mol. The molecule has 4 nitrogen and oxygen atoms in total. The lowest BCUT2D eigenvalue weighted by atomic mass is 9.86. The number of amides is 1. The van der Waals surface area contributed by atoms with Crippen molar-refractivity contribution in [2.45, 2.75) is 51.7 Å². The molecule has 0 aromatic carbocycles. The molecule has 1 heterocycles. The van der Waals surface area contributed by atoms with Gasteiger partial charge in [0.05, 0.1) is 0 Å². The van der Waals surface area contributed by atoms with Crippen LogP contribution in [0.4, 0.5) is 0 Å². The Kier molecular flexibility index (Phi) is 6.19. The van der Waals surface area contributed by atoms with E-state index in [9.17, 15) is 9.59 Å². The molecule has 1 N–H and O–H groups in total. The third-order valence-corrected chi connectivity index (χ3v) is 4.87. The summed E-state index contributed by atoms with van der Waals surface area (Å²) in [6.45, 7) is 3.77. The summed E-state index contributed by atoms with van der Waals surface area (Å²) in [5.74, 6) is -0.219. The molecular formula is C17H23NO3S. The molecule has 1 aromatic rings. The number of rotatable bonds is 5. The number of esters is 1. The molecule has 1 amide bonds. The molecule has 5 heteroatoms. The van der Waals surface area contributed by atoms with E-state index in [0.29, 0.717) is 5.92 Å². The Hall–Kier alpha value is -1.62. The van der Waals surface area contributed by atoms with E-state index in [0.717, 1.165) is 24.1 Å². The molecule has 1 aliphatic carbocycles. The number of carbonyl (C=O) groups is 2. The second kappa shape index (κ2) is 8.13. The van der Waals surface area contributed by atoms with E-state index in [4.69, 9.17) is 4.74 Å². The second-order valence-electron chi connectivity index (χ2n) is 5.80. The van der Waals surface area contributed by atoms with E-state index < -0.39 is 12.1 Å². The summed E-state index contributed by atoms with van der Waals surface area (Å²) in [5, 5.41) is 4.94. The van der Waals surface area contributed by atoms with Gasteiger partial charge in [-0.3, -0.25) is 4.79 Å². The first-order chi connectivity index (χ1) is 10.6. The molecule has 1 aliphatic rings.